The number of aliphatic hydroxyl groups is 1. The fourth-order valence-electron chi connectivity index (χ4n) is 1.81. The predicted molar refractivity (Wildman–Crippen MR) is 79.0 cm³/mol. The van der Waals surface area contributed by atoms with Gasteiger partial charge in [0.15, 0.2) is 0 Å². The van der Waals surface area contributed by atoms with Crippen molar-refractivity contribution in [1.29, 1.82) is 0 Å². The molecule has 0 aliphatic rings. The monoisotopic (exact) mass is 304 g/mol. The summed E-state index contributed by atoms with van der Waals surface area (Å²) in [6, 6.07) is 2.80. The van der Waals surface area contributed by atoms with Crippen molar-refractivity contribution in [2.24, 2.45) is 11.7 Å². The van der Waals surface area contributed by atoms with Crippen molar-refractivity contribution in [2.45, 2.75) is 38.8 Å². The molecule has 7 heteroatoms. The van der Waals surface area contributed by atoms with E-state index < -0.39 is 17.1 Å². The lowest BCUT2D eigenvalue weighted by molar-refractivity contribution is -0.385. The van der Waals surface area contributed by atoms with Crippen LogP contribution in [0.15, 0.2) is 18.2 Å². The molecule has 0 unspecified atom stereocenters. The number of phenolic OH excluding ortho intramolecular Hbond substituents is 1. The number of halogens is 1. The minimum atomic E-state index is -0.838. The summed E-state index contributed by atoms with van der Waals surface area (Å²) in [5, 5.41) is 30.4. The Hall–Kier alpha value is -1.37. The first-order valence-electron chi connectivity index (χ1n) is 6.24. The molecule has 0 saturated heterocycles. The number of nitrogens with two attached hydrogens (primary N) is 1. The number of nitro benzene ring substituents is 1. The zero-order chi connectivity index (χ0) is 14.6. The highest BCUT2D eigenvalue weighted by molar-refractivity contribution is 5.85. The molecule has 0 radical (unpaired) electrons. The van der Waals surface area contributed by atoms with E-state index in [-0.39, 0.29) is 29.4 Å². The molecule has 4 N–H and O–H groups in total. The predicted octanol–water partition coefficient (Wildman–Crippen LogP) is 2.52. The van der Waals surface area contributed by atoms with Gasteiger partial charge < -0.3 is 15.9 Å². The largest absolute Gasteiger partial charge is 0.508 e. The minimum absolute atomic E-state index is 0. The maximum absolute atomic E-state index is 10.7. The van der Waals surface area contributed by atoms with Crippen molar-refractivity contribution in [3.8, 4) is 5.75 Å². The van der Waals surface area contributed by atoms with E-state index in [1.165, 1.54) is 18.2 Å². The molecule has 2 atom stereocenters. The zero-order valence-corrected chi connectivity index (χ0v) is 12.3. The van der Waals surface area contributed by atoms with Gasteiger partial charge in [0, 0.05) is 17.7 Å². The van der Waals surface area contributed by atoms with Gasteiger partial charge in [0.2, 0.25) is 0 Å². The first-order chi connectivity index (χ1) is 8.82. The molecule has 1 aromatic carbocycles. The fraction of sp³-hybridized carbons (Fsp3) is 0.538. The van der Waals surface area contributed by atoms with Gasteiger partial charge in [0.1, 0.15) is 5.75 Å². The van der Waals surface area contributed by atoms with Gasteiger partial charge in [-0.3, -0.25) is 10.1 Å². The van der Waals surface area contributed by atoms with Crippen LogP contribution in [0.1, 0.15) is 38.3 Å². The van der Waals surface area contributed by atoms with Gasteiger partial charge in [-0.1, -0.05) is 13.8 Å². The van der Waals surface area contributed by atoms with Gasteiger partial charge in [-0.15, -0.1) is 12.4 Å². The lowest BCUT2D eigenvalue weighted by atomic mass is 9.95. The number of aromatic hydroxyl groups is 1. The first kappa shape index (κ1) is 18.6. The van der Waals surface area contributed by atoms with Gasteiger partial charge in [-0.2, -0.15) is 0 Å². The Morgan fingerprint density at radius 1 is 1.35 bits per heavy atom. The Balaban J connectivity index is 0.00000361. The number of non-ortho nitro benzene ring substituents is 1. The molecule has 0 saturated carbocycles. The highest BCUT2D eigenvalue weighted by Gasteiger charge is 2.22. The molecule has 0 heterocycles. The summed E-state index contributed by atoms with van der Waals surface area (Å²) in [5.74, 6) is 0.294. The van der Waals surface area contributed by atoms with Gasteiger partial charge in [-0.25, -0.2) is 0 Å². The van der Waals surface area contributed by atoms with Gasteiger partial charge >= 0.3 is 0 Å². The van der Waals surface area contributed by atoms with Crippen LogP contribution in [0.3, 0.4) is 0 Å². The van der Waals surface area contributed by atoms with E-state index in [4.69, 9.17) is 5.73 Å². The second-order valence-electron chi connectivity index (χ2n) is 5.06. The molecule has 0 aliphatic carbocycles. The third kappa shape index (κ3) is 4.96. The van der Waals surface area contributed by atoms with Gasteiger partial charge in [0.05, 0.1) is 17.1 Å². The Bertz CT molecular complexity index is 454. The van der Waals surface area contributed by atoms with Crippen molar-refractivity contribution in [1.82, 2.24) is 0 Å². The number of aliphatic hydroxyl groups excluding tert-OH is 1. The maximum atomic E-state index is 10.7. The summed E-state index contributed by atoms with van der Waals surface area (Å²) in [7, 11) is 0. The molecule has 0 aromatic heterocycles. The van der Waals surface area contributed by atoms with E-state index in [1.807, 2.05) is 13.8 Å². The summed E-state index contributed by atoms with van der Waals surface area (Å²) in [5.41, 5.74) is 5.91. The van der Waals surface area contributed by atoms with Crippen LogP contribution in [0.2, 0.25) is 0 Å². The summed E-state index contributed by atoms with van der Waals surface area (Å²) < 4.78 is 0. The van der Waals surface area contributed by atoms with E-state index in [9.17, 15) is 20.3 Å². The van der Waals surface area contributed by atoms with Crippen molar-refractivity contribution in [3.05, 3.63) is 33.9 Å². The lowest BCUT2D eigenvalue weighted by Gasteiger charge is -2.20. The number of phenols is 1. The van der Waals surface area contributed by atoms with Crippen LogP contribution in [0.25, 0.3) is 0 Å². The van der Waals surface area contributed by atoms with Crippen molar-refractivity contribution < 1.29 is 15.1 Å². The molecule has 1 rings (SSSR count). The number of hydrogen-bond donors (Lipinski definition) is 3. The highest BCUT2D eigenvalue weighted by Crippen LogP contribution is 2.30. The zero-order valence-electron chi connectivity index (χ0n) is 11.5. The highest BCUT2D eigenvalue weighted by atomic mass is 35.5. The van der Waals surface area contributed by atoms with Crippen LogP contribution in [-0.2, 0) is 0 Å². The number of nitrogens with zero attached hydrogens (tertiary/aromatic N) is 1. The third-order valence-corrected chi connectivity index (χ3v) is 3.04. The topological polar surface area (TPSA) is 110 Å². The van der Waals surface area contributed by atoms with Gasteiger partial charge in [-0.05, 0) is 24.8 Å². The maximum Gasteiger partial charge on any atom is 0.270 e. The summed E-state index contributed by atoms with van der Waals surface area (Å²) in [6.45, 7) is 4.06. The summed E-state index contributed by atoms with van der Waals surface area (Å²) in [6.07, 6.45) is 0.446. The van der Waals surface area contributed by atoms with E-state index in [0.717, 1.165) is 6.42 Å². The molecule has 0 bridgehead atoms. The molecule has 114 valence electrons. The van der Waals surface area contributed by atoms with Crippen LogP contribution in [0.5, 0.6) is 5.75 Å². The van der Waals surface area contributed by atoms with Crippen LogP contribution in [-0.4, -0.2) is 21.2 Å². The Labute approximate surface area is 124 Å². The Morgan fingerprint density at radius 3 is 2.45 bits per heavy atom. The van der Waals surface area contributed by atoms with Crippen LogP contribution >= 0.6 is 12.4 Å². The van der Waals surface area contributed by atoms with Crippen LogP contribution < -0.4 is 5.73 Å². The molecule has 0 fully saturated rings. The summed E-state index contributed by atoms with van der Waals surface area (Å²) in [4.78, 5) is 10.1. The van der Waals surface area contributed by atoms with E-state index in [1.54, 1.807) is 0 Å². The molecular formula is C13H21ClN2O4. The van der Waals surface area contributed by atoms with E-state index in [2.05, 4.69) is 0 Å². The molecule has 0 amide bonds. The van der Waals surface area contributed by atoms with Crippen molar-refractivity contribution in [3.63, 3.8) is 0 Å². The minimum Gasteiger partial charge on any atom is -0.508 e. The quantitative estimate of drug-likeness (QED) is 0.552. The summed E-state index contributed by atoms with van der Waals surface area (Å²) >= 11 is 0. The third-order valence-electron chi connectivity index (χ3n) is 3.04. The molecular weight excluding hydrogens is 284 g/mol. The molecule has 0 spiro atoms. The van der Waals surface area contributed by atoms with Crippen LogP contribution in [0, 0.1) is 16.0 Å². The number of nitro groups is 1. The average molecular weight is 305 g/mol. The van der Waals surface area contributed by atoms with Crippen molar-refractivity contribution in [2.75, 3.05) is 0 Å². The molecule has 6 nitrogen and oxygen atoms in total. The standard InChI is InChI=1S/C13H20N2O4.ClH/c1-8(2)3-5-12(17)13(14)10-7-9(15(18)19)4-6-11(10)16;/h4,6-8,12-13,16-17H,3,5,14H2,1-2H3;1H/t12-,13+;/m1./s1. The molecule has 0 aliphatic heterocycles. The SMILES string of the molecule is CC(C)CC[C@@H](O)[C@@H](N)c1cc([N+](=O)[O-])ccc1O.Cl. The fourth-order valence-corrected chi connectivity index (χ4v) is 1.81. The first-order valence-corrected chi connectivity index (χ1v) is 6.24. The Morgan fingerprint density at radius 2 is 1.95 bits per heavy atom. The smallest absolute Gasteiger partial charge is 0.270 e. The lowest BCUT2D eigenvalue weighted by Crippen LogP contribution is -2.26. The van der Waals surface area contributed by atoms with E-state index >= 15 is 0 Å². The number of rotatable bonds is 6. The van der Waals surface area contributed by atoms with E-state index in [0.29, 0.717) is 12.3 Å². The number of hydrogen-bond acceptors (Lipinski definition) is 5. The molecule has 1 aromatic rings. The number of benzene rings is 1. The Kier molecular flexibility index (Phi) is 7.49. The van der Waals surface area contributed by atoms with Gasteiger partial charge in [0.25, 0.3) is 5.69 Å². The second-order valence-corrected chi connectivity index (χ2v) is 5.06. The second kappa shape index (κ2) is 8.04. The van der Waals surface area contributed by atoms with Crippen LogP contribution in [0.4, 0.5) is 5.69 Å². The average Bonchev–Trinajstić information content (AvgIpc) is 2.35. The normalized spacial score (nSPS) is 13.7. The van der Waals surface area contributed by atoms with Crippen molar-refractivity contribution >= 4 is 18.1 Å². The molecule has 20 heavy (non-hydrogen) atoms.